The van der Waals surface area contributed by atoms with Gasteiger partial charge in [-0.2, -0.15) is 0 Å². The summed E-state index contributed by atoms with van der Waals surface area (Å²) in [4.78, 5) is 17.5. The van der Waals surface area contributed by atoms with Gasteiger partial charge in [-0.15, -0.1) is 6.42 Å². The maximum absolute atomic E-state index is 13.5. The van der Waals surface area contributed by atoms with Crippen molar-refractivity contribution in [3.63, 3.8) is 0 Å². The van der Waals surface area contributed by atoms with E-state index >= 15 is 0 Å². The Balaban J connectivity index is 1.79. The van der Waals surface area contributed by atoms with Gasteiger partial charge in [0.1, 0.15) is 11.6 Å². The number of fused-ring (bicyclic) bond motifs is 1. The number of likely N-dealkylation sites (tertiary alicyclic amines) is 1. The van der Waals surface area contributed by atoms with Crippen LogP contribution in [0.1, 0.15) is 31.0 Å². The number of piperidine rings is 1. The van der Waals surface area contributed by atoms with Gasteiger partial charge in [0.25, 0.3) is 0 Å². The second-order valence-electron chi connectivity index (χ2n) is 6.15. The van der Waals surface area contributed by atoms with Gasteiger partial charge in [0.2, 0.25) is 0 Å². The largest absolute Gasteiger partial charge is 0.481 e. The summed E-state index contributed by atoms with van der Waals surface area (Å²) in [5.41, 5.74) is 1.49. The minimum absolute atomic E-state index is 0.166. The second kappa shape index (κ2) is 7.02. The Labute approximate surface area is 140 Å². The summed E-state index contributed by atoms with van der Waals surface area (Å²) in [7, 11) is 0. The van der Waals surface area contributed by atoms with E-state index in [1.54, 1.807) is 6.07 Å². The van der Waals surface area contributed by atoms with E-state index in [-0.39, 0.29) is 18.2 Å². The Morgan fingerprint density at radius 1 is 1.42 bits per heavy atom. The number of aromatic nitrogens is 2. The molecule has 1 fully saturated rings. The lowest BCUT2D eigenvalue weighted by molar-refractivity contribution is -0.137. The summed E-state index contributed by atoms with van der Waals surface area (Å²) in [6.07, 6.45) is 7.46. The molecule has 1 saturated heterocycles. The number of rotatable bonds is 5. The average molecular weight is 329 g/mol. The number of hydrogen-bond donors (Lipinski definition) is 1. The molecule has 1 aliphatic heterocycles. The van der Waals surface area contributed by atoms with Gasteiger partial charge in [-0.25, -0.2) is 9.37 Å². The molecule has 6 heteroatoms. The third-order valence-electron chi connectivity index (χ3n) is 4.58. The van der Waals surface area contributed by atoms with Gasteiger partial charge < -0.3 is 14.6 Å². The minimum atomic E-state index is -0.769. The van der Waals surface area contributed by atoms with Crippen LogP contribution in [0.15, 0.2) is 18.2 Å². The topological polar surface area (TPSA) is 58.4 Å². The molecule has 0 saturated carbocycles. The first kappa shape index (κ1) is 16.5. The lowest BCUT2D eigenvalue weighted by Gasteiger charge is -2.31. The van der Waals surface area contributed by atoms with Crippen molar-refractivity contribution >= 4 is 17.0 Å². The molecular formula is C18H20FN3O2. The van der Waals surface area contributed by atoms with Crippen LogP contribution in [-0.4, -0.2) is 45.2 Å². The van der Waals surface area contributed by atoms with Crippen molar-refractivity contribution in [3.8, 4) is 12.3 Å². The Hall–Kier alpha value is -2.39. The fourth-order valence-electron chi connectivity index (χ4n) is 3.36. The quantitative estimate of drug-likeness (QED) is 0.856. The van der Waals surface area contributed by atoms with E-state index in [0.29, 0.717) is 18.6 Å². The molecule has 1 aromatic carbocycles. The standard InChI is InChI=1S/C18H20FN3O2/c1-2-8-22-16-4-3-14(19)12-15(16)20-18(22)13-5-9-21(10-6-13)11-7-17(23)24/h1,3-4,12-13H,5-11H2,(H,23,24). The first-order chi connectivity index (χ1) is 11.6. The van der Waals surface area contributed by atoms with Crippen LogP contribution < -0.4 is 0 Å². The third kappa shape index (κ3) is 3.41. The zero-order valence-electron chi connectivity index (χ0n) is 13.4. The molecule has 2 aromatic rings. The summed E-state index contributed by atoms with van der Waals surface area (Å²) in [5, 5.41) is 8.78. The Kier molecular flexibility index (Phi) is 4.81. The minimum Gasteiger partial charge on any atom is -0.481 e. The molecular weight excluding hydrogens is 309 g/mol. The van der Waals surface area contributed by atoms with E-state index in [9.17, 15) is 9.18 Å². The van der Waals surface area contributed by atoms with Crippen molar-refractivity contribution in [2.75, 3.05) is 19.6 Å². The summed E-state index contributed by atoms with van der Waals surface area (Å²) in [6, 6.07) is 4.59. The van der Waals surface area contributed by atoms with Gasteiger partial charge in [-0.1, -0.05) is 5.92 Å². The van der Waals surface area contributed by atoms with E-state index in [4.69, 9.17) is 11.5 Å². The summed E-state index contributed by atoms with van der Waals surface area (Å²) >= 11 is 0. The number of carbonyl (C=O) groups is 1. The molecule has 3 rings (SSSR count). The third-order valence-corrected chi connectivity index (χ3v) is 4.58. The van der Waals surface area contributed by atoms with Crippen LogP contribution in [-0.2, 0) is 11.3 Å². The first-order valence-electron chi connectivity index (χ1n) is 8.12. The van der Waals surface area contributed by atoms with Gasteiger partial charge in [0.15, 0.2) is 0 Å². The van der Waals surface area contributed by atoms with Crippen LogP contribution in [0.25, 0.3) is 11.0 Å². The highest BCUT2D eigenvalue weighted by atomic mass is 19.1. The van der Waals surface area contributed by atoms with Crippen molar-refractivity contribution in [2.45, 2.75) is 31.7 Å². The Morgan fingerprint density at radius 3 is 2.83 bits per heavy atom. The smallest absolute Gasteiger partial charge is 0.304 e. The first-order valence-corrected chi connectivity index (χ1v) is 8.12. The number of halogens is 1. The molecule has 0 aliphatic carbocycles. The fraction of sp³-hybridized carbons (Fsp3) is 0.444. The highest BCUT2D eigenvalue weighted by Gasteiger charge is 2.25. The Morgan fingerprint density at radius 2 is 2.17 bits per heavy atom. The van der Waals surface area contributed by atoms with E-state index < -0.39 is 5.97 Å². The summed E-state index contributed by atoms with van der Waals surface area (Å²) in [5.74, 6) is 2.75. The van der Waals surface area contributed by atoms with E-state index in [1.807, 2.05) is 4.57 Å². The lowest BCUT2D eigenvalue weighted by atomic mass is 9.95. The molecule has 24 heavy (non-hydrogen) atoms. The monoisotopic (exact) mass is 329 g/mol. The molecule has 0 amide bonds. The van der Waals surface area contributed by atoms with E-state index in [2.05, 4.69) is 15.8 Å². The van der Waals surface area contributed by atoms with Gasteiger partial charge in [-0.05, 0) is 38.1 Å². The number of terminal acetylenes is 1. The van der Waals surface area contributed by atoms with Crippen LogP contribution in [0.3, 0.4) is 0 Å². The van der Waals surface area contributed by atoms with Crippen molar-refractivity contribution in [2.24, 2.45) is 0 Å². The number of carboxylic acids is 1. The van der Waals surface area contributed by atoms with Gasteiger partial charge >= 0.3 is 5.97 Å². The maximum atomic E-state index is 13.5. The van der Waals surface area contributed by atoms with Gasteiger partial charge in [0, 0.05) is 18.5 Å². The maximum Gasteiger partial charge on any atom is 0.304 e. The number of imidazole rings is 1. The number of carboxylic acid groups (broad SMARTS) is 1. The molecule has 1 aliphatic rings. The fourth-order valence-corrected chi connectivity index (χ4v) is 3.36. The van der Waals surface area contributed by atoms with E-state index in [0.717, 1.165) is 37.3 Å². The van der Waals surface area contributed by atoms with Crippen molar-refractivity contribution in [1.29, 1.82) is 0 Å². The molecule has 1 N–H and O–H groups in total. The highest BCUT2D eigenvalue weighted by Crippen LogP contribution is 2.30. The predicted octanol–water partition coefficient (Wildman–Crippen LogP) is 2.46. The molecule has 0 spiro atoms. The number of aliphatic carboxylic acids is 1. The normalized spacial score (nSPS) is 16.3. The van der Waals surface area contributed by atoms with Crippen LogP contribution >= 0.6 is 0 Å². The molecule has 126 valence electrons. The molecule has 0 bridgehead atoms. The van der Waals surface area contributed by atoms with Crippen LogP contribution in [0.4, 0.5) is 4.39 Å². The zero-order chi connectivity index (χ0) is 17.1. The number of benzene rings is 1. The molecule has 0 atom stereocenters. The zero-order valence-corrected chi connectivity index (χ0v) is 13.4. The van der Waals surface area contributed by atoms with Crippen molar-refractivity contribution < 1.29 is 14.3 Å². The SMILES string of the molecule is C#CCn1c(C2CCN(CCC(=O)O)CC2)nc2cc(F)ccc21. The van der Waals surface area contributed by atoms with E-state index in [1.165, 1.54) is 12.1 Å². The van der Waals surface area contributed by atoms with Gasteiger partial charge in [0.05, 0.1) is 24.0 Å². The predicted molar refractivity (Wildman–Crippen MR) is 89.2 cm³/mol. The van der Waals surface area contributed by atoms with Crippen molar-refractivity contribution in [3.05, 3.63) is 29.8 Å². The van der Waals surface area contributed by atoms with Crippen LogP contribution in [0.5, 0.6) is 0 Å². The molecule has 5 nitrogen and oxygen atoms in total. The molecule has 1 aromatic heterocycles. The second-order valence-corrected chi connectivity index (χ2v) is 6.15. The average Bonchev–Trinajstić information content (AvgIpc) is 2.91. The van der Waals surface area contributed by atoms with Crippen molar-refractivity contribution in [1.82, 2.24) is 14.5 Å². The number of hydrogen-bond acceptors (Lipinski definition) is 3. The molecule has 2 heterocycles. The lowest BCUT2D eigenvalue weighted by Crippen LogP contribution is -2.35. The number of nitrogens with zero attached hydrogens (tertiary/aromatic N) is 3. The molecule has 0 radical (unpaired) electrons. The highest BCUT2D eigenvalue weighted by molar-refractivity contribution is 5.76. The summed E-state index contributed by atoms with van der Waals surface area (Å²) in [6.45, 7) is 2.67. The van der Waals surface area contributed by atoms with Crippen LogP contribution in [0, 0.1) is 18.2 Å². The van der Waals surface area contributed by atoms with Crippen LogP contribution in [0.2, 0.25) is 0 Å². The summed E-state index contributed by atoms with van der Waals surface area (Å²) < 4.78 is 15.5. The van der Waals surface area contributed by atoms with Gasteiger partial charge in [-0.3, -0.25) is 4.79 Å². The molecule has 0 unspecified atom stereocenters. The Bertz CT molecular complexity index is 785.